The zero-order valence-corrected chi connectivity index (χ0v) is 19.5. The molecule has 4 rings (SSSR count). The lowest BCUT2D eigenvalue weighted by atomic mass is 9.86. The summed E-state index contributed by atoms with van der Waals surface area (Å²) in [5.41, 5.74) is 6.21. The molecule has 5 nitrogen and oxygen atoms in total. The van der Waals surface area contributed by atoms with Gasteiger partial charge in [-0.1, -0.05) is 69.3 Å². The lowest BCUT2D eigenvalue weighted by Crippen LogP contribution is -2.24. The molecule has 0 radical (unpaired) electrons. The van der Waals surface area contributed by atoms with Gasteiger partial charge in [-0.3, -0.25) is 9.89 Å². The molecule has 0 saturated carbocycles. The first kappa shape index (κ1) is 22.6. The van der Waals surface area contributed by atoms with Gasteiger partial charge in [0, 0.05) is 17.6 Å². The normalized spacial score (nSPS) is 11.6. The molecule has 0 aliphatic heterocycles. The summed E-state index contributed by atoms with van der Waals surface area (Å²) in [4.78, 5) is 12.2. The van der Waals surface area contributed by atoms with Crippen LogP contribution < -0.4 is 5.32 Å². The molecule has 0 unspecified atom stereocenters. The van der Waals surface area contributed by atoms with E-state index in [1.54, 1.807) is 18.2 Å². The highest BCUT2D eigenvalue weighted by Gasteiger charge is 2.14. The van der Waals surface area contributed by atoms with Crippen LogP contribution in [0, 0.1) is 0 Å². The number of aryl methyl sites for hydroxylation is 1. The number of nitrogens with zero attached hydrogens (tertiary/aromatic N) is 1. The number of carbonyl (C=O) groups excluding carboxylic acids is 1. The number of aromatic nitrogens is 2. The third-order valence-electron chi connectivity index (χ3n) is 6.01. The minimum absolute atomic E-state index is 0.00319. The number of phenols is 1. The Balaban J connectivity index is 1.33. The van der Waals surface area contributed by atoms with Crippen molar-refractivity contribution in [3.8, 4) is 16.9 Å². The van der Waals surface area contributed by atoms with Crippen molar-refractivity contribution in [3.05, 3.63) is 83.6 Å². The van der Waals surface area contributed by atoms with Crippen molar-refractivity contribution in [1.82, 2.24) is 15.5 Å². The Morgan fingerprint density at radius 3 is 2.42 bits per heavy atom. The summed E-state index contributed by atoms with van der Waals surface area (Å²) < 4.78 is 0. The van der Waals surface area contributed by atoms with Crippen LogP contribution in [0.4, 0.5) is 0 Å². The minimum atomic E-state index is -0.247. The van der Waals surface area contributed by atoms with Gasteiger partial charge in [0.2, 0.25) is 0 Å². The fourth-order valence-electron chi connectivity index (χ4n) is 3.99. The zero-order valence-electron chi connectivity index (χ0n) is 19.5. The third-order valence-corrected chi connectivity index (χ3v) is 6.01. The molecule has 0 saturated heterocycles. The number of hydrogen-bond acceptors (Lipinski definition) is 3. The molecule has 3 N–H and O–H groups in total. The summed E-state index contributed by atoms with van der Waals surface area (Å²) >= 11 is 0. The molecule has 0 spiro atoms. The Morgan fingerprint density at radius 2 is 1.70 bits per heavy atom. The predicted molar refractivity (Wildman–Crippen MR) is 134 cm³/mol. The maximum atomic E-state index is 12.2. The predicted octanol–water partition coefficient (Wildman–Crippen LogP) is 5.99. The van der Waals surface area contributed by atoms with Gasteiger partial charge >= 0.3 is 0 Å². The van der Waals surface area contributed by atoms with Crippen molar-refractivity contribution in [2.45, 2.75) is 45.4 Å². The van der Waals surface area contributed by atoms with Gasteiger partial charge in [0.25, 0.3) is 5.91 Å². The molecule has 170 valence electrons. The lowest BCUT2D eigenvalue weighted by Gasteiger charge is -2.19. The van der Waals surface area contributed by atoms with E-state index in [2.05, 4.69) is 78.7 Å². The van der Waals surface area contributed by atoms with Gasteiger partial charge in [-0.05, 0) is 59.6 Å². The summed E-state index contributed by atoms with van der Waals surface area (Å²) in [5, 5.41) is 21.5. The number of carbonyl (C=O) groups is 1. The zero-order chi connectivity index (χ0) is 23.4. The first-order valence-electron chi connectivity index (χ1n) is 11.5. The molecule has 3 aromatic carbocycles. The second-order valence-corrected chi connectivity index (χ2v) is 9.49. The van der Waals surface area contributed by atoms with Crippen molar-refractivity contribution >= 4 is 16.8 Å². The summed E-state index contributed by atoms with van der Waals surface area (Å²) in [6.45, 7) is 7.23. The highest BCUT2D eigenvalue weighted by molar-refractivity contribution is 5.96. The van der Waals surface area contributed by atoms with Gasteiger partial charge < -0.3 is 10.4 Å². The van der Waals surface area contributed by atoms with Crippen LogP contribution in [0.25, 0.3) is 22.0 Å². The van der Waals surface area contributed by atoms with E-state index in [0.717, 1.165) is 41.4 Å². The average molecular weight is 442 g/mol. The summed E-state index contributed by atoms with van der Waals surface area (Å²) in [6, 6.07) is 21.8. The van der Waals surface area contributed by atoms with Crippen molar-refractivity contribution < 1.29 is 9.90 Å². The molecule has 1 aromatic heterocycles. The van der Waals surface area contributed by atoms with Gasteiger partial charge in [-0.15, -0.1) is 0 Å². The summed E-state index contributed by atoms with van der Waals surface area (Å²) in [5.74, 6) is -0.244. The number of phenolic OH excluding ortho intramolecular Hbond substituents is 1. The standard InChI is InChI=1S/C28H31N3O2/c1-28(2,3)21-14-11-19(12-15-21)20-13-16-22-24(30-31-25(22)18-20)9-6-7-17-29-27(33)23-8-4-5-10-26(23)32/h4-5,8,10-16,18,32H,6-7,9,17H2,1-3H3,(H,29,33)(H,30,31). The molecule has 5 heteroatoms. The molecular weight excluding hydrogens is 410 g/mol. The number of fused-ring (bicyclic) bond motifs is 1. The molecule has 0 atom stereocenters. The highest BCUT2D eigenvalue weighted by Crippen LogP contribution is 2.28. The maximum absolute atomic E-state index is 12.2. The Bertz CT molecular complexity index is 1250. The smallest absolute Gasteiger partial charge is 0.255 e. The number of hydrogen-bond donors (Lipinski definition) is 3. The van der Waals surface area contributed by atoms with Crippen molar-refractivity contribution in [2.75, 3.05) is 6.54 Å². The van der Waals surface area contributed by atoms with Crippen LogP contribution in [0.1, 0.15) is 55.2 Å². The van der Waals surface area contributed by atoms with Gasteiger partial charge in [0.1, 0.15) is 5.75 Å². The van der Waals surface area contributed by atoms with Crippen LogP contribution in [0.3, 0.4) is 0 Å². The number of H-pyrrole nitrogens is 1. The molecule has 0 fully saturated rings. The monoisotopic (exact) mass is 441 g/mol. The van der Waals surface area contributed by atoms with Crippen molar-refractivity contribution in [1.29, 1.82) is 0 Å². The molecule has 1 amide bonds. The Kier molecular flexibility index (Phi) is 6.50. The Morgan fingerprint density at radius 1 is 0.970 bits per heavy atom. The average Bonchev–Trinajstić information content (AvgIpc) is 3.21. The van der Waals surface area contributed by atoms with Gasteiger partial charge in [-0.2, -0.15) is 5.10 Å². The number of para-hydroxylation sites is 1. The molecular formula is C28H31N3O2. The lowest BCUT2D eigenvalue weighted by molar-refractivity contribution is 0.0950. The second kappa shape index (κ2) is 9.49. The topological polar surface area (TPSA) is 78.0 Å². The van der Waals surface area contributed by atoms with E-state index in [9.17, 15) is 9.90 Å². The van der Waals surface area contributed by atoms with Crippen molar-refractivity contribution in [3.63, 3.8) is 0 Å². The molecule has 33 heavy (non-hydrogen) atoms. The highest BCUT2D eigenvalue weighted by atomic mass is 16.3. The van der Waals surface area contributed by atoms with Crippen molar-refractivity contribution in [2.24, 2.45) is 0 Å². The van der Waals surface area contributed by atoms with Crippen LogP contribution in [0.2, 0.25) is 0 Å². The van der Waals surface area contributed by atoms with E-state index >= 15 is 0 Å². The van der Waals surface area contributed by atoms with Gasteiger partial charge in [0.15, 0.2) is 0 Å². The summed E-state index contributed by atoms with van der Waals surface area (Å²) in [6.07, 6.45) is 2.63. The molecule has 1 heterocycles. The number of amides is 1. The number of unbranched alkanes of at least 4 members (excludes halogenated alkanes) is 1. The molecule has 0 aliphatic carbocycles. The number of benzene rings is 3. The van der Waals surface area contributed by atoms with Gasteiger partial charge in [-0.25, -0.2) is 0 Å². The number of aromatic hydroxyl groups is 1. The van der Waals surface area contributed by atoms with E-state index < -0.39 is 0 Å². The van der Waals surface area contributed by atoms with E-state index in [0.29, 0.717) is 12.1 Å². The van der Waals surface area contributed by atoms with Crippen LogP contribution in [-0.2, 0) is 11.8 Å². The van der Waals surface area contributed by atoms with Gasteiger partial charge in [0.05, 0.1) is 11.1 Å². The second-order valence-electron chi connectivity index (χ2n) is 9.49. The van der Waals surface area contributed by atoms with Crippen LogP contribution >= 0.6 is 0 Å². The van der Waals surface area contributed by atoms with E-state index in [1.165, 1.54) is 17.2 Å². The number of nitrogens with one attached hydrogen (secondary N) is 2. The number of aromatic amines is 1. The first-order chi connectivity index (χ1) is 15.8. The molecule has 0 aliphatic rings. The third kappa shape index (κ3) is 5.25. The quantitative estimate of drug-likeness (QED) is 0.309. The summed E-state index contributed by atoms with van der Waals surface area (Å²) in [7, 11) is 0. The van der Waals surface area contributed by atoms with E-state index in [1.807, 2.05) is 0 Å². The fourth-order valence-corrected chi connectivity index (χ4v) is 3.99. The Labute approximate surface area is 194 Å². The largest absolute Gasteiger partial charge is 0.507 e. The van der Waals surface area contributed by atoms with Crippen LogP contribution in [-0.4, -0.2) is 27.8 Å². The molecule has 0 bridgehead atoms. The molecule has 4 aromatic rings. The van der Waals surface area contributed by atoms with Crippen LogP contribution in [0.15, 0.2) is 66.7 Å². The maximum Gasteiger partial charge on any atom is 0.255 e. The van der Waals surface area contributed by atoms with E-state index in [-0.39, 0.29) is 17.1 Å². The minimum Gasteiger partial charge on any atom is -0.507 e. The van der Waals surface area contributed by atoms with Crippen LogP contribution in [0.5, 0.6) is 5.75 Å². The SMILES string of the molecule is CC(C)(C)c1ccc(-c2ccc3c(CCCCNC(=O)c4ccccc4O)[nH]nc3c2)cc1. The fraction of sp³-hybridized carbons (Fsp3) is 0.286. The Hall–Kier alpha value is -3.60. The van der Waals surface area contributed by atoms with E-state index in [4.69, 9.17) is 0 Å². The first-order valence-corrected chi connectivity index (χ1v) is 11.5. The number of rotatable bonds is 7.